The first-order valence-electron chi connectivity index (χ1n) is 8.60. The molecule has 0 fully saturated rings. The molecule has 0 atom stereocenters. The zero-order chi connectivity index (χ0) is 19.8. The number of hydrogen-bond donors (Lipinski definition) is 1. The summed E-state index contributed by atoms with van der Waals surface area (Å²) in [6, 6.07) is 14.2. The minimum absolute atomic E-state index is 0.246. The quantitative estimate of drug-likeness (QED) is 0.599. The Hall–Kier alpha value is -3.68. The number of methoxy groups -OCH3 is 2. The van der Waals surface area contributed by atoms with Crippen molar-refractivity contribution < 1.29 is 19.0 Å². The zero-order valence-corrected chi connectivity index (χ0v) is 15.6. The molecule has 3 rings (SSSR count). The van der Waals surface area contributed by atoms with E-state index in [0.29, 0.717) is 35.2 Å². The van der Waals surface area contributed by atoms with E-state index in [4.69, 9.17) is 14.2 Å². The van der Waals surface area contributed by atoms with Crippen LogP contribution in [0.5, 0.6) is 17.4 Å². The zero-order valence-electron chi connectivity index (χ0n) is 15.6. The number of aromatic nitrogens is 3. The summed E-state index contributed by atoms with van der Waals surface area (Å²) in [4.78, 5) is 16.6. The normalized spacial score (nSPS) is 10.2. The molecule has 2 aromatic heterocycles. The monoisotopic (exact) mass is 380 g/mol. The topological polar surface area (TPSA) is 95.5 Å². The summed E-state index contributed by atoms with van der Waals surface area (Å²) in [5.74, 6) is 0.970. The second-order valence-corrected chi connectivity index (χ2v) is 5.62. The highest BCUT2D eigenvalue weighted by Gasteiger charge is 2.15. The van der Waals surface area contributed by atoms with Crippen molar-refractivity contribution in [2.45, 2.75) is 0 Å². The number of ether oxygens (including phenoxy) is 3. The van der Waals surface area contributed by atoms with Gasteiger partial charge in [-0.15, -0.1) is 10.2 Å². The minimum Gasteiger partial charge on any atom is -0.493 e. The van der Waals surface area contributed by atoms with E-state index in [1.165, 1.54) is 14.2 Å². The average Bonchev–Trinajstić information content (AvgIpc) is 2.77. The van der Waals surface area contributed by atoms with Gasteiger partial charge < -0.3 is 19.5 Å². The molecule has 1 N–H and O–H groups in total. The molecule has 0 unspecified atom stereocenters. The fourth-order valence-corrected chi connectivity index (χ4v) is 2.53. The molecule has 3 aromatic rings. The molecule has 2 heterocycles. The van der Waals surface area contributed by atoms with Gasteiger partial charge in [-0.25, -0.2) is 0 Å². The molecule has 8 heteroatoms. The van der Waals surface area contributed by atoms with Gasteiger partial charge in [0.1, 0.15) is 12.3 Å². The number of carbonyl (C=O) groups is 1. The van der Waals surface area contributed by atoms with Crippen LogP contribution in [0.25, 0.3) is 11.4 Å². The number of para-hydroxylation sites is 1. The third kappa shape index (κ3) is 4.53. The van der Waals surface area contributed by atoms with Gasteiger partial charge in [-0.05, 0) is 30.3 Å². The van der Waals surface area contributed by atoms with Crippen LogP contribution in [0.2, 0.25) is 0 Å². The molecule has 1 aromatic carbocycles. The number of amides is 1. The Morgan fingerprint density at radius 2 is 1.86 bits per heavy atom. The summed E-state index contributed by atoms with van der Waals surface area (Å²) in [5.41, 5.74) is 1.79. The van der Waals surface area contributed by atoms with E-state index in [1.54, 1.807) is 36.5 Å². The second-order valence-electron chi connectivity index (χ2n) is 5.62. The first-order valence-corrected chi connectivity index (χ1v) is 8.60. The highest BCUT2D eigenvalue weighted by atomic mass is 16.5. The van der Waals surface area contributed by atoms with Gasteiger partial charge in [0.15, 0.2) is 11.5 Å². The van der Waals surface area contributed by atoms with Crippen molar-refractivity contribution in [2.75, 3.05) is 27.4 Å². The van der Waals surface area contributed by atoms with Crippen molar-refractivity contribution in [3.63, 3.8) is 0 Å². The van der Waals surface area contributed by atoms with Crippen molar-refractivity contribution >= 4 is 5.91 Å². The van der Waals surface area contributed by atoms with Crippen LogP contribution in [0.1, 0.15) is 10.4 Å². The van der Waals surface area contributed by atoms with Crippen molar-refractivity contribution in [3.8, 4) is 28.8 Å². The maximum Gasteiger partial charge on any atom is 0.255 e. The van der Waals surface area contributed by atoms with E-state index in [-0.39, 0.29) is 12.5 Å². The number of nitrogens with zero attached hydrogens (tertiary/aromatic N) is 3. The third-order valence-electron chi connectivity index (χ3n) is 3.85. The van der Waals surface area contributed by atoms with Crippen LogP contribution in [-0.2, 0) is 0 Å². The third-order valence-corrected chi connectivity index (χ3v) is 3.85. The van der Waals surface area contributed by atoms with Crippen LogP contribution in [0, 0.1) is 0 Å². The molecule has 0 spiro atoms. The summed E-state index contributed by atoms with van der Waals surface area (Å²) in [6.45, 7) is 0.540. The van der Waals surface area contributed by atoms with Gasteiger partial charge in [0.2, 0.25) is 5.88 Å². The van der Waals surface area contributed by atoms with E-state index in [1.807, 2.05) is 18.2 Å². The minimum atomic E-state index is -0.282. The molecular formula is C20H20N4O4. The van der Waals surface area contributed by atoms with Gasteiger partial charge in [0.05, 0.1) is 32.0 Å². The lowest BCUT2D eigenvalue weighted by molar-refractivity contribution is 0.0943. The number of carbonyl (C=O) groups excluding carboxylic acids is 1. The van der Waals surface area contributed by atoms with Crippen LogP contribution < -0.4 is 19.5 Å². The lowest BCUT2D eigenvalue weighted by Gasteiger charge is -2.12. The van der Waals surface area contributed by atoms with Gasteiger partial charge in [-0.3, -0.25) is 9.78 Å². The van der Waals surface area contributed by atoms with Gasteiger partial charge in [0.25, 0.3) is 5.91 Å². The summed E-state index contributed by atoms with van der Waals surface area (Å²) < 4.78 is 16.0. The van der Waals surface area contributed by atoms with Gasteiger partial charge in [0, 0.05) is 12.3 Å². The van der Waals surface area contributed by atoms with E-state index < -0.39 is 0 Å². The Labute approximate surface area is 162 Å². The van der Waals surface area contributed by atoms with E-state index >= 15 is 0 Å². The second kappa shape index (κ2) is 9.31. The lowest BCUT2D eigenvalue weighted by Crippen LogP contribution is -2.28. The Morgan fingerprint density at radius 1 is 0.964 bits per heavy atom. The summed E-state index contributed by atoms with van der Waals surface area (Å²) >= 11 is 0. The maximum absolute atomic E-state index is 12.4. The molecule has 0 aliphatic carbocycles. The first kappa shape index (κ1) is 19.1. The molecule has 0 saturated heterocycles. The number of pyridine rings is 1. The fraction of sp³-hybridized carbons (Fsp3) is 0.200. The highest BCUT2D eigenvalue weighted by Crippen LogP contribution is 2.30. The smallest absolute Gasteiger partial charge is 0.255 e. The van der Waals surface area contributed by atoms with Crippen LogP contribution in [0.3, 0.4) is 0 Å². The van der Waals surface area contributed by atoms with Crippen molar-refractivity contribution in [3.05, 3.63) is 60.3 Å². The highest BCUT2D eigenvalue weighted by molar-refractivity contribution is 5.97. The SMILES string of the molecule is COc1cccc(C(=O)NCCOc2ccc(-c3ccccn3)nn2)c1OC. The molecule has 28 heavy (non-hydrogen) atoms. The molecule has 8 nitrogen and oxygen atoms in total. The van der Waals surface area contributed by atoms with Crippen molar-refractivity contribution in [1.29, 1.82) is 0 Å². The van der Waals surface area contributed by atoms with Crippen LogP contribution in [0.4, 0.5) is 0 Å². The maximum atomic E-state index is 12.4. The Morgan fingerprint density at radius 3 is 2.54 bits per heavy atom. The molecule has 0 saturated carbocycles. The molecule has 0 bridgehead atoms. The van der Waals surface area contributed by atoms with Gasteiger partial charge in [-0.2, -0.15) is 0 Å². The van der Waals surface area contributed by atoms with Crippen molar-refractivity contribution in [1.82, 2.24) is 20.5 Å². The van der Waals surface area contributed by atoms with Gasteiger partial charge in [-0.1, -0.05) is 12.1 Å². The molecule has 1 amide bonds. The molecule has 144 valence electrons. The Bertz CT molecular complexity index is 917. The predicted molar refractivity (Wildman–Crippen MR) is 103 cm³/mol. The number of rotatable bonds is 8. The van der Waals surface area contributed by atoms with E-state index in [9.17, 15) is 4.79 Å². The molecule has 0 aliphatic rings. The standard InChI is InChI=1S/C20H20N4O4/c1-26-17-8-5-6-14(19(17)27-2)20(25)22-12-13-28-18-10-9-16(23-24-18)15-7-3-4-11-21-15/h3-11H,12-13H2,1-2H3,(H,22,25). The van der Waals surface area contributed by atoms with Crippen LogP contribution >= 0.6 is 0 Å². The molecule has 0 aliphatic heterocycles. The summed E-state index contributed by atoms with van der Waals surface area (Å²) in [7, 11) is 3.01. The van der Waals surface area contributed by atoms with Gasteiger partial charge >= 0.3 is 0 Å². The van der Waals surface area contributed by atoms with Crippen LogP contribution in [-0.4, -0.2) is 48.5 Å². The largest absolute Gasteiger partial charge is 0.493 e. The first-order chi connectivity index (χ1) is 13.7. The Balaban J connectivity index is 1.51. The van der Waals surface area contributed by atoms with E-state index in [0.717, 1.165) is 5.69 Å². The van der Waals surface area contributed by atoms with Crippen LogP contribution in [0.15, 0.2) is 54.7 Å². The predicted octanol–water partition coefficient (Wildman–Crippen LogP) is 2.36. The average molecular weight is 380 g/mol. The fourth-order valence-electron chi connectivity index (χ4n) is 2.53. The lowest BCUT2D eigenvalue weighted by atomic mass is 10.1. The van der Waals surface area contributed by atoms with Crippen molar-refractivity contribution in [2.24, 2.45) is 0 Å². The number of benzene rings is 1. The van der Waals surface area contributed by atoms with E-state index in [2.05, 4.69) is 20.5 Å². The summed E-state index contributed by atoms with van der Waals surface area (Å²) in [5, 5.41) is 10.9. The number of hydrogen-bond acceptors (Lipinski definition) is 7. The molecular weight excluding hydrogens is 360 g/mol. The Kier molecular flexibility index (Phi) is 6.35. The summed E-state index contributed by atoms with van der Waals surface area (Å²) in [6.07, 6.45) is 1.70. The number of nitrogens with one attached hydrogen (secondary N) is 1. The molecule has 0 radical (unpaired) electrons.